The first-order valence-corrected chi connectivity index (χ1v) is 9.85. The fraction of sp³-hybridized carbons (Fsp3) is 0.227. The second kappa shape index (κ2) is 8.02. The number of nitrogens with zero attached hydrogens (tertiary/aromatic N) is 3. The maximum atomic E-state index is 12.7. The number of nitrogens with one attached hydrogen (secondary N) is 2. The van der Waals surface area contributed by atoms with Crippen molar-refractivity contribution in [1.82, 2.24) is 9.78 Å². The summed E-state index contributed by atoms with van der Waals surface area (Å²) in [5.41, 5.74) is 2.31. The van der Waals surface area contributed by atoms with Crippen molar-refractivity contribution >= 4 is 29.0 Å². The van der Waals surface area contributed by atoms with Crippen LogP contribution >= 0.6 is 0 Å². The summed E-state index contributed by atoms with van der Waals surface area (Å²) in [6.07, 6.45) is 0.911. The van der Waals surface area contributed by atoms with Crippen LogP contribution in [0.4, 0.5) is 17.2 Å². The van der Waals surface area contributed by atoms with Gasteiger partial charge in [-0.15, -0.1) is 0 Å². The van der Waals surface area contributed by atoms with Crippen LogP contribution in [0, 0.1) is 28.9 Å². The van der Waals surface area contributed by atoms with Crippen molar-refractivity contribution in [2.45, 2.75) is 20.3 Å². The van der Waals surface area contributed by atoms with Gasteiger partial charge in [-0.3, -0.25) is 19.7 Å². The molecule has 1 heterocycles. The van der Waals surface area contributed by atoms with Gasteiger partial charge in [0.1, 0.15) is 5.82 Å². The van der Waals surface area contributed by atoms with E-state index in [0.29, 0.717) is 34.4 Å². The Hall–Kier alpha value is -4.01. The molecule has 2 amide bonds. The second-order valence-corrected chi connectivity index (χ2v) is 7.70. The second-order valence-electron chi connectivity index (χ2n) is 7.70. The standard InChI is InChI=1S/C22H21N5O4/c1-13-11-19(13)22(29)23-16-5-3-15(4-6-16)21(28)24-20-12-14(2)25-26(20)17-7-9-18(10-8-17)27(30)31/h3-10,12-13,19H,11H2,1-2H3,(H,23,29)(H,24,28). The van der Waals surface area contributed by atoms with Crippen LogP contribution < -0.4 is 10.6 Å². The van der Waals surface area contributed by atoms with Gasteiger partial charge in [-0.25, -0.2) is 4.68 Å². The number of benzene rings is 2. The van der Waals surface area contributed by atoms with Crippen LogP contribution in [0.1, 0.15) is 29.4 Å². The fourth-order valence-corrected chi connectivity index (χ4v) is 3.32. The number of carbonyl (C=O) groups excluding carboxylic acids is 2. The number of aryl methyl sites for hydroxylation is 1. The normalized spacial score (nSPS) is 17.1. The molecule has 3 aromatic rings. The summed E-state index contributed by atoms with van der Waals surface area (Å²) in [6.45, 7) is 3.83. The maximum absolute atomic E-state index is 12.7. The zero-order chi connectivity index (χ0) is 22.1. The number of hydrogen-bond donors (Lipinski definition) is 2. The number of nitro groups is 1. The van der Waals surface area contributed by atoms with Gasteiger partial charge in [0.25, 0.3) is 11.6 Å². The minimum atomic E-state index is -0.474. The summed E-state index contributed by atoms with van der Waals surface area (Å²) in [6, 6.07) is 14.3. The van der Waals surface area contributed by atoms with E-state index in [1.165, 1.54) is 16.8 Å². The molecule has 1 aliphatic carbocycles. The van der Waals surface area contributed by atoms with E-state index in [0.717, 1.165) is 6.42 Å². The van der Waals surface area contributed by atoms with Gasteiger partial charge >= 0.3 is 0 Å². The summed E-state index contributed by atoms with van der Waals surface area (Å²) < 4.78 is 1.52. The average Bonchev–Trinajstić information content (AvgIpc) is 3.38. The van der Waals surface area contributed by atoms with E-state index in [-0.39, 0.29) is 23.4 Å². The Labute approximate surface area is 178 Å². The van der Waals surface area contributed by atoms with E-state index in [1.807, 2.05) is 6.92 Å². The van der Waals surface area contributed by atoms with Crippen LogP contribution in [0.25, 0.3) is 5.69 Å². The van der Waals surface area contributed by atoms with Gasteiger partial charge in [0.15, 0.2) is 0 Å². The maximum Gasteiger partial charge on any atom is 0.269 e. The highest BCUT2D eigenvalue weighted by Crippen LogP contribution is 2.38. The molecule has 2 aromatic carbocycles. The van der Waals surface area contributed by atoms with Crippen molar-refractivity contribution in [1.29, 1.82) is 0 Å². The van der Waals surface area contributed by atoms with Gasteiger partial charge in [0, 0.05) is 35.4 Å². The van der Waals surface area contributed by atoms with Crippen molar-refractivity contribution in [2.75, 3.05) is 10.6 Å². The Kier molecular flexibility index (Phi) is 5.24. The number of anilines is 2. The minimum Gasteiger partial charge on any atom is -0.326 e. The molecule has 1 aromatic heterocycles. The van der Waals surface area contributed by atoms with Crippen LogP contribution in [0.5, 0.6) is 0 Å². The highest BCUT2D eigenvalue weighted by molar-refractivity contribution is 6.04. The van der Waals surface area contributed by atoms with Crippen LogP contribution in [-0.2, 0) is 4.79 Å². The Morgan fingerprint density at radius 3 is 2.32 bits per heavy atom. The lowest BCUT2D eigenvalue weighted by atomic mass is 10.2. The molecule has 0 spiro atoms. The molecule has 1 saturated carbocycles. The highest BCUT2D eigenvalue weighted by Gasteiger charge is 2.39. The van der Waals surface area contributed by atoms with Gasteiger partial charge in [-0.2, -0.15) is 5.10 Å². The van der Waals surface area contributed by atoms with E-state index < -0.39 is 4.92 Å². The molecule has 1 aliphatic rings. The molecular formula is C22H21N5O4. The molecule has 2 unspecified atom stereocenters. The molecule has 9 heteroatoms. The molecule has 158 valence electrons. The Morgan fingerprint density at radius 2 is 1.74 bits per heavy atom. The molecule has 1 fully saturated rings. The first-order valence-electron chi connectivity index (χ1n) is 9.85. The Morgan fingerprint density at radius 1 is 1.10 bits per heavy atom. The highest BCUT2D eigenvalue weighted by atomic mass is 16.6. The number of non-ortho nitro benzene ring substituents is 1. The quantitative estimate of drug-likeness (QED) is 0.463. The minimum absolute atomic E-state index is 0.00664. The SMILES string of the molecule is Cc1cc(NC(=O)c2ccc(NC(=O)C3CC3C)cc2)n(-c2ccc([N+](=O)[O-])cc2)n1. The van der Waals surface area contributed by atoms with E-state index in [1.54, 1.807) is 49.4 Å². The lowest BCUT2D eigenvalue weighted by Gasteiger charge is -2.10. The zero-order valence-electron chi connectivity index (χ0n) is 17.0. The van der Waals surface area contributed by atoms with Crippen LogP contribution in [-0.4, -0.2) is 26.5 Å². The van der Waals surface area contributed by atoms with Gasteiger partial charge in [0.05, 0.1) is 16.3 Å². The zero-order valence-corrected chi connectivity index (χ0v) is 17.0. The van der Waals surface area contributed by atoms with Crippen molar-refractivity contribution in [3.63, 3.8) is 0 Å². The lowest BCUT2D eigenvalue weighted by Crippen LogP contribution is -2.16. The lowest BCUT2D eigenvalue weighted by molar-refractivity contribution is -0.384. The third-order valence-corrected chi connectivity index (χ3v) is 5.24. The fourth-order valence-electron chi connectivity index (χ4n) is 3.32. The molecule has 2 N–H and O–H groups in total. The van der Waals surface area contributed by atoms with Crippen molar-refractivity contribution in [3.8, 4) is 5.69 Å². The summed E-state index contributed by atoms with van der Waals surface area (Å²) in [7, 11) is 0. The summed E-state index contributed by atoms with van der Waals surface area (Å²) in [4.78, 5) is 35.1. The van der Waals surface area contributed by atoms with Crippen LogP contribution in [0.3, 0.4) is 0 Å². The molecule has 0 bridgehead atoms. The van der Waals surface area contributed by atoms with E-state index >= 15 is 0 Å². The largest absolute Gasteiger partial charge is 0.326 e. The summed E-state index contributed by atoms with van der Waals surface area (Å²) >= 11 is 0. The first-order chi connectivity index (χ1) is 14.8. The molecule has 0 radical (unpaired) electrons. The predicted octanol–water partition coefficient (Wildman–Crippen LogP) is 3.94. The molecule has 4 rings (SSSR count). The number of carbonyl (C=O) groups is 2. The third-order valence-electron chi connectivity index (χ3n) is 5.24. The molecule has 31 heavy (non-hydrogen) atoms. The molecule has 9 nitrogen and oxygen atoms in total. The molecule has 2 atom stereocenters. The number of amides is 2. The van der Waals surface area contributed by atoms with E-state index in [4.69, 9.17) is 0 Å². The molecule has 0 saturated heterocycles. The van der Waals surface area contributed by atoms with Crippen molar-refractivity contribution in [2.24, 2.45) is 11.8 Å². The number of rotatable bonds is 6. The monoisotopic (exact) mass is 419 g/mol. The first kappa shape index (κ1) is 20.3. The van der Waals surface area contributed by atoms with E-state index in [9.17, 15) is 19.7 Å². The van der Waals surface area contributed by atoms with Crippen LogP contribution in [0.15, 0.2) is 54.6 Å². The van der Waals surface area contributed by atoms with Gasteiger partial charge in [-0.1, -0.05) is 6.92 Å². The third kappa shape index (κ3) is 4.45. The van der Waals surface area contributed by atoms with Gasteiger partial charge in [-0.05, 0) is 55.7 Å². The average molecular weight is 419 g/mol. The molecular weight excluding hydrogens is 398 g/mol. The van der Waals surface area contributed by atoms with Crippen LogP contribution in [0.2, 0.25) is 0 Å². The van der Waals surface area contributed by atoms with E-state index in [2.05, 4.69) is 15.7 Å². The van der Waals surface area contributed by atoms with Crippen molar-refractivity contribution in [3.05, 3.63) is 76.0 Å². The number of hydrogen-bond acceptors (Lipinski definition) is 5. The predicted molar refractivity (Wildman–Crippen MR) is 115 cm³/mol. The topological polar surface area (TPSA) is 119 Å². The van der Waals surface area contributed by atoms with Gasteiger partial charge < -0.3 is 10.6 Å². The number of aromatic nitrogens is 2. The Balaban J connectivity index is 1.47. The number of nitro benzene ring substituents is 1. The summed E-state index contributed by atoms with van der Waals surface area (Å²) in [5, 5.41) is 20.9. The van der Waals surface area contributed by atoms with Crippen molar-refractivity contribution < 1.29 is 14.5 Å². The summed E-state index contributed by atoms with van der Waals surface area (Å²) in [5.74, 6) is 0.611. The Bertz CT molecular complexity index is 1150. The molecule has 0 aliphatic heterocycles. The smallest absolute Gasteiger partial charge is 0.269 e. The van der Waals surface area contributed by atoms with Gasteiger partial charge in [0.2, 0.25) is 5.91 Å².